The van der Waals surface area contributed by atoms with Crippen LogP contribution in [-0.4, -0.2) is 24.9 Å². The summed E-state index contributed by atoms with van der Waals surface area (Å²) in [7, 11) is 0. The van der Waals surface area contributed by atoms with Crippen molar-refractivity contribution < 1.29 is 14.0 Å². The van der Waals surface area contributed by atoms with E-state index in [0.29, 0.717) is 29.4 Å². The molecule has 2 rings (SSSR count). The van der Waals surface area contributed by atoms with E-state index in [2.05, 4.69) is 10.6 Å². The van der Waals surface area contributed by atoms with Crippen molar-refractivity contribution in [2.24, 2.45) is 5.73 Å². The van der Waals surface area contributed by atoms with E-state index in [-0.39, 0.29) is 11.7 Å². The molecule has 2 amide bonds. The highest BCUT2D eigenvalue weighted by Crippen LogP contribution is 2.23. The average Bonchev–Trinajstić information content (AvgIpc) is 3.01. The van der Waals surface area contributed by atoms with Gasteiger partial charge in [-0.05, 0) is 30.3 Å². The van der Waals surface area contributed by atoms with Crippen LogP contribution in [0.5, 0.6) is 0 Å². The minimum atomic E-state index is -0.443. The Labute approximate surface area is 126 Å². The highest BCUT2D eigenvalue weighted by atomic mass is 35.5. The summed E-state index contributed by atoms with van der Waals surface area (Å²) in [5, 5.41) is 5.56. The molecular formula is C14H14ClN3O3. The smallest absolute Gasteiger partial charge is 0.291 e. The normalized spacial score (nSPS) is 10.2. The van der Waals surface area contributed by atoms with Gasteiger partial charge in [0.2, 0.25) is 0 Å². The fourth-order valence-electron chi connectivity index (χ4n) is 1.64. The van der Waals surface area contributed by atoms with E-state index in [1.165, 1.54) is 24.5 Å². The van der Waals surface area contributed by atoms with Crippen LogP contribution in [0.4, 0.5) is 5.69 Å². The molecule has 110 valence electrons. The number of hydrogen-bond donors (Lipinski definition) is 3. The molecule has 0 spiro atoms. The van der Waals surface area contributed by atoms with Gasteiger partial charge in [0.25, 0.3) is 11.8 Å². The van der Waals surface area contributed by atoms with E-state index >= 15 is 0 Å². The second-order valence-corrected chi connectivity index (χ2v) is 4.58. The first-order valence-electron chi connectivity index (χ1n) is 6.24. The van der Waals surface area contributed by atoms with Crippen molar-refractivity contribution in [2.45, 2.75) is 0 Å². The van der Waals surface area contributed by atoms with Gasteiger partial charge in [-0.25, -0.2) is 0 Å². The number of hydrogen-bond acceptors (Lipinski definition) is 4. The number of nitrogens with one attached hydrogen (secondary N) is 2. The van der Waals surface area contributed by atoms with Crippen LogP contribution in [0.2, 0.25) is 5.02 Å². The molecular weight excluding hydrogens is 294 g/mol. The van der Waals surface area contributed by atoms with Gasteiger partial charge in [0.05, 0.1) is 17.0 Å². The molecule has 0 saturated carbocycles. The second-order valence-electron chi connectivity index (χ2n) is 4.17. The third-order valence-corrected chi connectivity index (χ3v) is 2.98. The summed E-state index contributed by atoms with van der Waals surface area (Å²) in [5.74, 6) is -0.573. The van der Waals surface area contributed by atoms with Gasteiger partial charge in [-0.1, -0.05) is 11.6 Å². The molecule has 7 heteroatoms. The molecule has 1 aromatic heterocycles. The second kappa shape index (κ2) is 6.92. The standard InChI is InChI=1S/C14H14ClN3O3/c15-10-4-3-9(13(19)17-6-5-16)8-11(10)18-14(20)12-2-1-7-21-12/h1-4,7-8H,5-6,16H2,(H,17,19)(H,18,20). The Bertz CT molecular complexity index is 641. The van der Waals surface area contributed by atoms with Gasteiger partial charge < -0.3 is 20.8 Å². The molecule has 0 saturated heterocycles. The highest BCUT2D eigenvalue weighted by Gasteiger charge is 2.13. The molecule has 0 fully saturated rings. The summed E-state index contributed by atoms with van der Waals surface area (Å²) >= 11 is 6.01. The molecule has 21 heavy (non-hydrogen) atoms. The van der Waals surface area contributed by atoms with Crippen LogP contribution in [0.3, 0.4) is 0 Å². The molecule has 1 heterocycles. The van der Waals surface area contributed by atoms with E-state index in [9.17, 15) is 9.59 Å². The highest BCUT2D eigenvalue weighted by molar-refractivity contribution is 6.34. The van der Waals surface area contributed by atoms with Crippen LogP contribution in [0.1, 0.15) is 20.9 Å². The van der Waals surface area contributed by atoms with Crippen LogP contribution in [0, 0.1) is 0 Å². The number of rotatable bonds is 5. The zero-order valence-corrected chi connectivity index (χ0v) is 11.8. The molecule has 2 aromatic rings. The van der Waals surface area contributed by atoms with Crippen molar-refractivity contribution in [3.8, 4) is 0 Å². The largest absolute Gasteiger partial charge is 0.459 e. The number of halogens is 1. The van der Waals surface area contributed by atoms with Crippen LogP contribution >= 0.6 is 11.6 Å². The molecule has 0 aliphatic rings. The van der Waals surface area contributed by atoms with Crippen LogP contribution in [-0.2, 0) is 0 Å². The summed E-state index contributed by atoms with van der Waals surface area (Å²) in [4.78, 5) is 23.7. The molecule has 1 aromatic carbocycles. The van der Waals surface area contributed by atoms with Crippen molar-refractivity contribution >= 4 is 29.1 Å². The van der Waals surface area contributed by atoms with Gasteiger partial charge >= 0.3 is 0 Å². The zero-order valence-electron chi connectivity index (χ0n) is 11.1. The summed E-state index contributed by atoms with van der Waals surface area (Å²) in [6.07, 6.45) is 1.40. The zero-order chi connectivity index (χ0) is 15.2. The molecule has 4 N–H and O–H groups in total. The number of benzene rings is 1. The molecule has 0 aliphatic carbocycles. The van der Waals surface area contributed by atoms with Gasteiger partial charge in [-0.2, -0.15) is 0 Å². The number of furan rings is 1. The summed E-state index contributed by atoms with van der Waals surface area (Å²) < 4.78 is 4.99. The third-order valence-electron chi connectivity index (χ3n) is 2.65. The van der Waals surface area contributed by atoms with E-state index < -0.39 is 5.91 Å². The molecule has 0 radical (unpaired) electrons. The van der Waals surface area contributed by atoms with Gasteiger partial charge in [0.15, 0.2) is 5.76 Å². The van der Waals surface area contributed by atoms with Gasteiger partial charge in [0.1, 0.15) is 0 Å². The maximum Gasteiger partial charge on any atom is 0.291 e. The Morgan fingerprint density at radius 1 is 1.24 bits per heavy atom. The number of carbonyl (C=O) groups is 2. The predicted octanol–water partition coefficient (Wildman–Crippen LogP) is 1.87. The van der Waals surface area contributed by atoms with Crippen LogP contribution in [0.25, 0.3) is 0 Å². The van der Waals surface area contributed by atoms with Gasteiger partial charge in [0, 0.05) is 18.7 Å². The molecule has 0 unspecified atom stereocenters. The van der Waals surface area contributed by atoms with Crippen molar-refractivity contribution in [3.63, 3.8) is 0 Å². The van der Waals surface area contributed by atoms with E-state index in [0.717, 1.165) is 0 Å². The van der Waals surface area contributed by atoms with E-state index in [1.54, 1.807) is 12.1 Å². The van der Waals surface area contributed by atoms with Crippen molar-refractivity contribution in [1.29, 1.82) is 0 Å². The van der Waals surface area contributed by atoms with E-state index in [4.69, 9.17) is 21.8 Å². The summed E-state index contributed by atoms with van der Waals surface area (Å²) in [5.41, 5.74) is 6.04. The lowest BCUT2D eigenvalue weighted by Crippen LogP contribution is -2.29. The van der Waals surface area contributed by atoms with Crippen LogP contribution in [0.15, 0.2) is 41.0 Å². The Morgan fingerprint density at radius 3 is 2.71 bits per heavy atom. The minimum absolute atomic E-state index is 0.157. The van der Waals surface area contributed by atoms with Gasteiger partial charge in [-0.3, -0.25) is 9.59 Å². The molecule has 0 atom stereocenters. The SMILES string of the molecule is NCCNC(=O)c1ccc(Cl)c(NC(=O)c2ccco2)c1. The minimum Gasteiger partial charge on any atom is -0.459 e. The first-order chi connectivity index (χ1) is 10.1. The Hall–Kier alpha value is -2.31. The topological polar surface area (TPSA) is 97.4 Å². The average molecular weight is 308 g/mol. The number of amides is 2. The maximum atomic E-state index is 11.9. The summed E-state index contributed by atoms with van der Waals surface area (Å²) in [6.45, 7) is 0.719. The predicted molar refractivity (Wildman–Crippen MR) is 79.5 cm³/mol. The third kappa shape index (κ3) is 3.84. The Morgan fingerprint density at radius 2 is 2.05 bits per heavy atom. The first kappa shape index (κ1) is 15.1. The lowest BCUT2D eigenvalue weighted by Gasteiger charge is -2.09. The quantitative estimate of drug-likeness (QED) is 0.785. The molecule has 0 aliphatic heterocycles. The number of carbonyl (C=O) groups excluding carboxylic acids is 2. The lowest BCUT2D eigenvalue weighted by molar-refractivity contribution is 0.0952. The fourth-order valence-corrected chi connectivity index (χ4v) is 1.81. The fraction of sp³-hybridized carbons (Fsp3) is 0.143. The number of nitrogens with two attached hydrogens (primary N) is 1. The van der Waals surface area contributed by atoms with Crippen molar-refractivity contribution in [3.05, 3.63) is 52.9 Å². The first-order valence-corrected chi connectivity index (χ1v) is 6.62. The summed E-state index contributed by atoms with van der Waals surface area (Å²) in [6, 6.07) is 7.73. The Balaban J connectivity index is 2.15. The number of anilines is 1. The monoisotopic (exact) mass is 307 g/mol. The van der Waals surface area contributed by atoms with Crippen LogP contribution < -0.4 is 16.4 Å². The maximum absolute atomic E-state index is 11.9. The van der Waals surface area contributed by atoms with Gasteiger partial charge in [-0.15, -0.1) is 0 Å². The molecule has 0 bridgehead atoms. The Kier molecular flexibility index (Phi) is 4.97. The van der Waals surface area contributed by atoms with E-state index in [1.807, 2.05) is 0 Å². The van der Waals surface area contributed by atoms with Crippen molar-refractivity contribution in [1.82, 2.24) is 5.32 Å². The van der Waals surface area contributed by atoms with Crippen molar-refractivity contribution in [2.75, 3.05) is 18.4 Å². The molecule has 6 nitrogen and oxygen atoms in total. The lowest BCUT2D eigenvalue weighted by atomic mass is 10.2.